The van der Waals surface area contributed by atoms with E-state index in [0.717, 1.165) is 5.56 Å². The van der Waals surface area contributed by atoms with Crippen LogP contribution in [-0.4, -0.2) is 23.2 Å². The molecule has 0 bridgehead atoms. The molecule has 1 saturated heterocycles. The van der Waals surface area contributed by atoms with Crippen molar-refractivity contribution >= 4 is 46.6 Å². The Kier molecular flexibility index (Phi) is 4.65. The topological polar surface area (TPSA) is 61.8 Å². The zero-order valence-electron chi connectivity index (χ0n) is 13.5. The van der Waals surface area contributed by atoms with Crippen LogP contribution in [0.2, 0.25) is 5.02 Å². The number of nitrogens with zero attached hydrogens (tertiary/aromatic N) is 1. The number of rotatable bonds is 3. The van der Waals surface area contributed by atoms with Gasteiger partial charge in [-0.3, -0.25) is 9.69 Å². The number of amides is 1. The van der Waals surface area contributed by atoms with E-state index in [1.54, 1.807) is 36.4 Å². The van der Waals surface area contributed by atoms with Gasteiger partial charge in [0.05, 0.1) is 12.8 Å². The highest BCUT2D eigenvalue weighted by atomic mass is 35.5. The minimum atomic E-state index is -0.262. The minimum Gasteiger partial charge on any atom is -0.504 e. The van der Waals surface area contributed by atoms with Crippen molar-refractivity contribution in [2.45, 2.75) is 6.92 Å². The van der Waals surface area contributed by atoms with Crippen molar-refractivity contribution in [2.75, 3.05) is 12.0 Å². The lowest BCUT2D eigenvalue weighted by Gasteiger charge is -2.16. The summed E-state index contributed by atoms with van der Waals surface area (Å²) in [6, 6.07) is 10.1. The minimum absolute atomic E-state index is 0.0318. The molecule has 0 aliphatic carbocycles. The highest BCUT2D eigenvalue weighted by Gasteiger charge is 2.32. The van der Waals surface area contributed by atoms with Crippen LogP contribution in [-0.2, 0) is 4.79 Å². The number of nitrogens with one attached hydrogen (secondary N) is 1. The van der Waals surface area contributed by atoms with E-state index in [4.69, 9.17) is 28.6 Å². The van der Waals surface area contributed by atoms with E-state index in [-0.39, 0.29) is 11.7 Å². The van der Waals surface area contributed by atoms with Gasteiger partial charge >= 0.3 is 0 Å². The first-order chi connectivity index (χ1) is 11.9. The van der Waals surface area contributed by atoms with Gasteiger partial charge in [0.1, 0.15) is 5.70 Å². The molecule has 7 heteroatoms. The van der Waals surface area contributed by atoms with Gasteiger partial charge in [-0.05, 0) is 66.7 Å². The second kappa shape index (κ2) is 6.74. The summed E-state index contributed by atoms with van der Waals surface area (Å²) in [6.45, 7) is 1.86. The van der Waals surface area contributed by atoms with Crippen LogP contribution in [0.15, 0.2) is 42.1 Å². The molecule has 2 aromatic carbocycles. The summed E-state index contributed by atoms with van der Waals surface area (Å²) in [5.74, 6) is 0.0968. The maximum Gasteiger partial charge on any atom is 0.281 e. The number of thiocarbonyl (C=S) groups is 1. The molecule has 3 rings (SSSR count). The molecule has 1 aliphatic rings. The molecule has 1 amide bonds. The van der Waals surface area contributed by atoms with Crippen molar-refractivity contribution < 1.29 is 14.6 Å². The summed E-state index contributed by atoms with van der Waals surface area (Å²) in [6.07, 6.45) is 1.65. The summed E-state index contributed by atoms with van der Waals surface area (Å²) >= 11 is 11.3. The van der Waals surface area contributed by atoms with Crippen molar-refractivity contribution in [1.82, 2.24) is 5.32 Å². The predicted molar refractivity (Wildman–Crippen MR) is 102 cm³/mol. The molecule has 1 aliphatic heterocycles. The predicted octanol–water partition coefficient (Wildman–Crippen LogP) is 3.62. The average molecular weight is 375 g/mol. The molecule has 2 aromatic rings. The highest BCUT2D eigenvalue weighted by molar-refractivity contribution is 7.80. The van der Waals surface area contributed by atoms with Crippen LogP contribution in [0.3, 0.4) is 0 Å². The fourth-order valence-corrected chi connectivity index (χ4v) is 3.09. The third-order valence-electron chi connectivity index (χ3n) is 3.79. The number of hydrogen-bond donors (Lipinski definition) is 2. The van der Waals surface area contributed by atoms with E-state index in [1.807, 2.05) is 6.92 Å². The monoisotopic (exact) mass is 374 g/mol. The lowest BCUT2D eigenvalue weighted by molar-refractivity contribution is -0.113. The molecule has 0 saturated carbocycles. The van der Waals surface area contributed by atoms with Crippen LogP contribution in [0, 0.1) is 6.92 Å². The van der Waals surface area contributed by atoms with Crippen LogP contribution in [0.5, 0.6) is 11.5 Å². The van der Waals surface area contributed by atoms with Crippen molar-refractivity contribution in [3.05, 3.63) is 58.2 Å². The first-order valence-electron chi connectivity index (χ1n) is 7.41. The number of phenols is 1. The van der Waals surface area contributed by atoms with Gasteiger partial charge in [0.15, 0.2) is 16.6 Å². The summed E-state index contributed by atoms with van der Waals surface area (Å²) in [5, 5.41) is 13.5. The van der Waals surface area contributed by atoms with Gasteiger partial charge in [0.25, 0.3) is 5.91 Å². The molecular weight excluding hydrogens is 360 g/mol. The molecule has 128 valence electrons. The molecule has 0 radical (unpaired) electrons. The van der Waals surface area contributed by atoms with Gasteiger partial charge < -0.3 is 15.2 Å². The number of carbonyl (C=O) groups excluding carboxylic acids is 1. The number of hydrogen-bond acceptors (Lipinski definition) is 4. The summed E-state index contributed by atoms with van der Waals surface area (Å²) < 4.78 is 5.08. The number of halogens is 1. The Bertz CT molecular complexity index is 911. The lowest BCUT2D eigenvalue weighted by atomic mass is 10.1. The van der Waals surface area contributed by atoms with Crippen LogP contribution in [0.4, 0.5) is 5.69 Å². The SMILES string of the molecule is COc1cc(/C=C2\NC(=S)N(c3ccc(Cl)cc3C)C2=O)ccc1O. The van der Waals surface area contributed by atoms with Crippen molar-refractivity contribution in [2.24, 2.45) is 0 Å². The largest absolute Gasteiger partial charge is 0.504 e. The van der Waals surface area contributed by atoms with E-state index in [1.165, 1.54) is 18.1 Å². The molecule has 0 unspecified atom stereocenters. The third-order valence-corrected chi connectivity index (χ3v) is 4.31. The molecule has 0 aromatic heterocycles. The number of phenolic OH excluding ortho intramolecular Hbond substituents is 1. The summed E-state index contributed by atoms with van der Waals surface area (Å²) in [7, 11) is 1.46. The Hall–Kier alpha value is -2.57. The Morgan fingerprint density at radius 3 is 2.72 bits per heavy atom. The lowest BCUT2D eigenvalue weighted by Crippen LogP contribution is -2.30. The van der Waals surface area contributed by atoms with Crippen molar-refractivity contribution in [3.63, 3.8) is 0 Å². The molecule has 0 spiro atoms. The normalized spacial score (nSPS) is 15.6. The van der Waals surface area contributed by atoms with E-state index in [2.05, 4.69) is 5.32 Å². The molecule has 1 heterocycles. The summed E-state index contributed by atoms with van der Waals surface area (Å²) in [5.41, 5.74) is 2.56. The van der Waals surface area contributed by atoms with Crippen LogP contribution in [0.25, 0.3) is 6.08 Å². The smallest absolute Gasteiger partial charge is 0.281 e. The third kappa shape index (κ3) is 3.31. The van der Waals surface area contributed by atoms with E-state index in [9.17, 15) is 9.90 Å². The van der Waals surface area contributed by atoms with E-state index >= 15 is 0 Å². The van der Waals surface area contributed by atoms with Crippen molar-refractivity contribution in [3.8, 4) is 11.5 Å². The number of methoxy groups -OCH3 is 1. The van der Waals surface area contributed by atoms with Gasteiger partial charge in [0.2, 0.25) is 0 Å². The zero-order chi connectivity index (χ0) is 18.1. The number of carbonyl (C=O) groups is 1. The number of aryl methyl sites for hydroxylation is 1. The van der Waals surface area contributed by atoms with E-state index in [0.29, 0.717) is 32.8 Å². The second-order valence-electron chi connectivity index (χ2n) is 5.49. The number of anilines is 1. The van der Waals surface area contributed by atoms with Gasteiger partial charge in [-0.2, -0.15) is 0 Å². The highest BCUT2D eigenvalue weighted by Crippen LogP contribution is 2.30. The number of benzene rings is 2. The average Bonchev–Trinajstić information content (AvgIpc) is 2.84. The van der Waals surface area contributed by atoms with Crippen LogP contribution < -0.4 is 15.0 Å². The number of aromatic hydroxyl groups is 1. The first kappa shape index (κ1) is 17.3. The summed E-state index contributed by atoms with van der Waals surface area (Å²) in [4.78, 5) is 14.2. The molecule has 2 N–H and O–H groups in total. The van der Waals surface area contributed by atoms with Crippen LogP contribution >= 0.6 is 23.8 Å². The maximum absolute atomic E-state index is 12.8. The molecule has 0 atom stereocenters. The van der Waals surface area contributed by atoms with Gasteiger partial charge in [-0.25, -0.2) is 0 Å². The Morgan fingerprint density at radius 1 is 1.28 bits per heavy atom. The van der Waals surface area contributed by atoms with Crippen LogP contribution in [0.1, 0.15) is 11.1 Å². The molecular formula is C18H15ClN2O3S. The van der Waals surface area contributed by atoms with Gasteiger partial charge in [-0.1, -0.05) is 17.7 Å². The maximum atomic E-state index is 12.8. The fraction of sp³-hybridized carbons (Fsp3) is 0.111. The Labute approximate surface area is 155 Å². The van der Waals surface area contributed by atoms with E-state index < -0.39 is 0 Å². The molecule has 5 nitrogen and oxygen atoms in total. The molecule has 1 fully saturated rings. The molecule has 25 heavy (non-hydrogen) atoms. The quantitative estimate of drug-likeness (QED) is 0.634. The Morgan fingerprint density at radius 2 is 2.04 bits per heavy atom. The van der Waals surface area contributed by atoms with Gasteiger partial charge in [-0.15, -0.1) is 0 Å². The first-order valence-corrected chi connectivity index (χ1v) is 8.19. The fourth-order valence-electron chi connectivity index (χ4n) is 2.57. The number of ether oxygens (including phenoxy) is 1. The zero-order valence-corrected chi connectivity index (χ0v) is 15.1. The Balaban J connectivity index is 1.96. The van der Waals surface area contributed by atoms with Gasteiger partial charge in [0, 0.05) is 5.02 Å². The second-order valence-corrected chi connectivity index (χ2v) is 6.31. The standard InChI is InChI=1S/C18H15ClN2O3S/c1-10-7-12(19)4-5-14(10)21-17(23)13(20-18(21)25)8-11-3-6-15(22)16(9-11)24-2/h3-9,22H,1-2H3,(H,20,25)/b13-8-. The van der Waals surface area contributed by atoms with Crippen molar-refractivity contribution in [1.29, 1.82) is 0 Å².